The first-order chi connectivity index (χ1) is 10.9. The fraction of sp³-hybridized carbons (Fsp3) is 0.250. The second-order valence-electron chi connectivity index (χ2n) is 4.87. The van der Waals surface area contributed by atoms with Gasteiger partial charge in [-0.15, -0.1) is 0 Å². The minimum absolute atomic E-state index is 0.0930. The van der Waals surface area contributed by atoms with Crippen LogP contribution >= 0.6 is 0 Å². The van der Waals surface area contributed by atoms with Crippen LogP contribution in [0.25, 0.3) is 0 Å². The van der Waals surface area contributed by atoms with Crippen molar-refractivity contribution in [3.63, 3.8) is 0 Å². The molecule has 1 N–H and O–H groups in total. The van der Waals surface area contributed by atoms with E-state index in [2.05, 4.69) is 9.89 Å². The SMILES string of the molecule is COC(=O)c1noc(C)c1C(=N)COC(=O)c1ccc(C)cc1. The van der Waals surface area contributed by atoms with E-state index < -0.39 is 11.9 Å². The lowest BCUT2D eigenvalue weighted by atomic mass is 10.1. The van der Waals surface area contributed by atoms with Gasteiger partial charge in [0.2, 0.25) is 5.69 Å². The molecule has 0 spiro atoms. The van der Waals surface area contributed by atoms with E-state index in [1.165, 1.54) is 7.11 Å². The average Bonchev–Trinajstić information content (AvgIpc) is 2.94. The summed E-state index contributed by atoms with van der Waals surface area (Å²) in [5, 5.41) is 11.6. The van der Waals surface area contributed by atoms with E-state index in [-0.39, 0.29) is 29.3 Å². The normalized spacial score (nSPS) is 10.2. The fourth-order valence-corrected chi connectivity index (χ4v) is 1.95. The Morgan fingerprint density at radius 3 is 2.43 bits per heavy atom. The number of ether oxygens (including phenoxy) is 2. The smallest absolute Gasteiger partial charge is 0.360 e. The number of carbonyl (C=O) groups excluding carboxylic acids is 2. The molecule has 23 heavy (non-hydrogen) atoms. The zero-order valence-electron chi connectivity index (χ0n) is 13.0. The van der Waals surface area contributed by atoms with E-state index in [1.54, 1.807) is 31.2 Å². The predicted octanol–water partition coefficient (Wildman–Crippen LogP) is 2.30. The number of benzene rings is 1. The van der Waals surface area contributed by atoms with Gasteiger partial charge >= 0.3 is 11.9 Å². The van der Waals surface area contributed by atoms with Crippen LogP contribution in [0.15, 0.2) is 28.8 Å². The predicted molar refractivity (Wildman–Crippen MR) is 80.9 cm³/mol. The first-order valence-corrected chi connectivity index (χ1v) is 6.80. The summed E-state index contributed by atoms with van der Waals surface area (Å²) >= 11 is 0. The zero-order chi connectivity index (χ0) is 17.0. The number of nitrogens with one attached hydrogen (secondary N) is 1. The van der Waals surface area contributed by atoms with Crippen LogP contribution in [-0.2, 0) is 9.47 Å². The molecule has 0 amide bonds. The summed E-state index contributed by atoms with van der Waals surface area (Å²) in [4.78, 5) is 23.5. The third kappa shape index (κ3) is 3.63. The molecule has 1 heterocycles. The molecule has 7 nitrogen and oxygen atoms in total. The number of aromatic nitrogens is 1. The van der Waals surface area contributed by atoms with E-state index >= 15 is 0 Å². The number of aryl methyl sites for hydroxylation is 2. The molecule has 0 fully saturated rings. The lowest BCUT2D eigenvalue weighted by Crippen LogP contribution is -2.17. The molecule has 0 atom stereocenters. The van der Waals surface area contributed by atoms with E-state index in [0.29, 0.717) is 5.56 Å². The molecule has 1 aromatic heterocycles. The number of hydrogen-bond acceptors (Lipinski definition) is 7. The largest absolute Gasteiger partial charge is 0.464 e. The lowest BCUT2D eigenvalue weighted by molar-refractivity contribution is 0.0562. The van der Waals surface area contributed by atoms with Gasteiger partial charge in [0.1, 0.15) is 12.4 Å². The molecule has 120 valence electrons. The van der Waals surface area contributed by atoms with Crippen molar-refractivity contribution < 1.29 is 23.6 Å². The quantitative estimate of drug-likeness (QED) is 0.670. The van der Waals surface area contributed by atoms with Gasteiger partial charge in [0, 0.05) is 0 Å². The highest BCUT2D eigenvalue weighted by Gasteiger charge is 2.24. The van der Waals surface area contributed by atoms with Crippen LogP contribution in [0.5, 0.6) is 0 Å². The Labute approximate surface area is 132 Å². The number of nitrogens with zero attached hydrogens (tertiary/aromatic N) is 1. The van der Waals surface area contributed by atoms with Crippen LogP contribution in [-0.4, -0.2) is 36.5 Å². The summed E-state index contributed by atoms with van der Waals surface area (Å²) in [5.41, 5.74) is 1.38. The monoisotopic (exact) mass is 316 g/mol. The molecule has 0 aliphatic rings. The van der Waals surface area contributed by atoms with Crippen LogP contribution in [0.1, 0.15) is 37.7 Å². The molecule has 2 rings (SSSR count). The number of hydrogen-bond donors (Lipinski definition) is 1. The minimum Gasteiger partial charge on any atom is -0.464 e. The maximum absolute atomic E-state index is 11.9. The van der Waals surface area contributed by atoms with E-state index in [4.69, 9.17) is 14.7 Å². The van der Waals surface area contributed by atoms with E-state index in [9.17, 15) is 9.59 Å². The van der Waals surface area contributed by atoms with Gasteiger partial charge in [-0.05, 0) is 26.0 Å². The summed E-state index contributed by atoms with van der Waals surface area (Å²) < 4.78 is 14.6. The van der Waals surface area contributed by atoms with Crippen LogP contribution in [0.2, 0.25) is 0 Å². The second-order valence-corrected chi connectivity index (χ2v) is 4.87. The van der Waals surface area contributed by atoms with Gasteiger partial charge in [0.05, 0.1) is 23.9 Å². The number of carbonyl (C=O) groups is 2. The van der Waals surface area contributed by atoms with Crippen LogP contribution in [0.3, 0.4) is 0 Å². The molecule has 0 saturated heterocycles. The van der Waals surface area contributed by atoms with Crippen LogP contribution in [0.4, 0.5) is 0 Å². The fourth-order valence-electron chi connectivity index (χ4n) is 1.95. The van der Waals surface area contributed by atoms with Gasteiger partial charge in [-0.25, -0.2) is 9.59 Å². The molecule has 7 heteroatoms. The highest BCUT2D eigenvalue weighted by molar-refractivity contribution is 6.08. The summed E-state index contributed by atoms with van der Waals surface area (Å²) in [6, 6.07) is 6.88. The number of esters is 2. The Kier molecular flexibility index (Phi) is 4.90. The minimum atomic E-state index is -0.716. The third-order valence-corrected chi connectivity index (χ3v) is 3.18. The van der Waals surface area contributed by atoms with Crippen molar-refractivity contribution in [2.45, 2.75) is 13.8 Å². The third-order valence-electron chi connectivity index (χ3n) is 3.18. The maximum Gasteiger partial charge on any atom is 0.360 e. The van der Waals surface area contributed by atoms with Crippen LogP contribution in [0, 0.1) is 19.3 Å². The molecule has 0 saturated carbocycles. The molecular weight excluding hydrogens is 300 g/mol. The molecule has 2 aromatic rings. The Hall–Kier alpha value is -2.96. The standard InChI is InChI=1S/C16H16N2O5/c1-9-4-6-11(7-5-9)15(19)22-8-12(17)13-10(2)23-18-14(13)16(20)21-3/h4-7,17H,8H2,1-3H3. The van der Waals surface area contributed by atoms with Crippen molar-refractivity contribution in [1.29, 1.82) is 5.41 Å². The molecule has 0 aliphatic heterocycles. The Bertz CT molecular complexity index is 746. The van der Waals surface area contributed by atoms with Crippen molar-refractivity contribution in [2.24, 2.45) is 0 Å². The van der Waals surface area contributed by atoms with Crippen molar-refractivity contribution >= 4 is 17.7 Å². The average molecular weight is 316 g/mol. The molecule has 0 radical (unpaired) electrons. The molecular formula is C16H16N2O5. The van der Waals surface area contributed by atoms with E-state index in [0.717, 1.165) is 5.56 Å². The number of methoxy groups -OCH3 is 1. The van der Waals surface area contributed by atoms with Gasteiger partial charge in [0.15, 0.2) is 0 Å². The first-order valence-electron chi connectivity index (χ1n) is 6.80. The second kappa shape index (κ2) is 6.87. The topological polar surface area (TPSA) is 102 Å². The first kappa shape index (κ1) is 16.4. The zero-order valence-corrected chi connectivity index (χ0v) is 13.0. The highest BCUT2D eigenvalue weighted by Crippen LogP contribution is 2.15. The van der Waals surface area contributed by atoms with E-state index in [1.807, 2.05) is 6.92 Å². The van der Waals surface area contributed by atoms with Crippen molar-refractivity contribution in [2.75, 3.05) is 13.7 Å². The van der Waals surface area contributed by atoms with Gasteiger partial charge in [-0.2, -0.15) is 0 Å². The van der Waals surface area contributed by atoms with Crippen molar-refractivity contribution in [3.05, 3.63) is 52.4 Å². The highest BCUT2D eigenvalue weighted by atomic mass is 16.5. The van der Waals surface area contributed by atoms with Gasteiger partial charge in [0.25, 0.3) is 0 Å². The van der Waals surface area contributed by atoms with Gasteiger partial charge in [-0.3, -0.25) is 0 Å². The molecule has 1 aromatic carbocycles. The van der Waals surface area contributed by atoms with Crippen molar-refractivity contribution in [3.8, 4) is 0 Å². The Morgan fingerprint density at radius 1 is 1.17 bits per heavy atom. The lowest BCUT2D eigenvalue weighted by Gasteiger charge is -2.07. The maximum atomic E-state index is 11.9. The van der Waals surface area contributed by atoms with Crippen molar-refractivity contribution in [1.82, 2.24) is 5.16 Å². The molecule has 0 unspecified atom stereocenters. The summed E-state index contributed by atoms with van der Waals surface area (Å²) in [5.74, 6) is -0.989. The van der Waals surface area contributed by atoms with Gasteiger partial charge < -0.3 is 19.4 Å². The summed E-state index contributed by atoms with van der Waals surface area (Å²) in [6.45, 7) is 3.16. The molecule has 0 aliphatic carbocycles. The van der Waals surface area contributed by atoms with Crippen LogP contribution < -0.4 is 0 Å². The summed E-state index contributed by atoms with van der Waals surface area (Å²) in [7, 11) is 1.21. The summed E-state index contributed by atoms with van der Waals surface area (Å²) in [6.07, 6.45) is 0. The number of rotatable bonds is 5. The molecule has 0 bridgehead atoms. The Morgan fingerprint density at radius 2 is 1.83 bits per heavy atom. The van der Waals surface area contributed by atoms with Gasteiger partial charge in [-0.1, -0.05) is 22.9 Å². The Balaban J connectivity index is 2.08.